The maximum absolute atomic E-state index is 14.7. The van der Waals surface area contributed by atoms with Gasteiger partial charge in [-0.05, 0) is 48.6 Å². The number of nitrogens with one attached hydrogen (secondary N) is 1. The first-order chi connectivity index (χ1) is 12.1. The third-order valence-corrected chi connectivity index (χ3v) is 5.83. The molecule has 0 aromatic heterocycles. The summed E-state index contributed by atoms with van der Waals surface area (Å²) in [5.41, 5.74) is -1.44. The molecule has 0 radical (unpaired) electrons. The Morgan fingerprint density at radius 2 is 1.88 bits per heavy atom. The van der Waals surface area contributed by atoms with Crippen LogP contribution < -0.4 is 4.72 Å². The van der Waals surface area contributed by atoms with Crippen molar-refractivity contribution in [1.29, 1.82) is 0 Å². The van der Waals surface area contributed by atoms with Crippen molar-refractivity contribution >= 4 is 37.6 Å². The maximum atomic E-state index is 14.7. The molecule has 0 spiro atoms. The predicted octanol–water partition coefficient (Wildman–Crippen LogP) is 3.38. The van der Waals surface area contributed by atoms with Gasteiger partial charge in [-0.25, -0.2) is 17.6 Å². The van der Waals surface area contributed by atoms with Crippen LogP contribution in [0.1, 0.15) is 34.7 Å². The Hall–Kier alpha value is -2.33. The highest BCUT2D eigenvalue weighted by Gasteiger charge is 2.33. The lowest BCUT2D eigenvalue weighted by Crippen LogP contribution is -2.16. The van der Waals surface area contributed by atoms with Crippen LogP contribution in [0.2, 0.25) is 0 Å². The summed E-state index contributed by atoms with van der Waals surface area (Å²) in [6, 6.07) is 4.63. The van der Waals surface area contributed by atoms with Crippen molar-refractivity contribution in [2.75, 3.05) is 4.72 Å². The van der Waals surface area contributed by atoms with Crippen LogP contribution in [0, 0.1) is 5.82 Å². The first-order valence-corrected chi connectivity index (χ1v) is 9.69. The Kier molecular flexibility index (Phi) is 4.57. The summed E-state index contributed by atoms with van der Waals surface area (Å²) in [5, 5.41) is 29.1. The third kappa shape index (κ3) is 3.34. The minimum absolute atomic E-state index is 0.0244. The summed E-state index contributed by atoms with van der Waals surface area (Å²) in [4.78, 5) is 10.8. The van der Waals surface area contributed by atoms with Crippen LogP contribution in [-0.4, -0.2) is 29.7 Å². The molecule has 10 heteroatoms. The Balaban J connectivity index is 2.14. The summed E-state index contributed by atoms with van der Waals surface area (Å²) < 4.78 is 42.0. The molecule has 0 amide bonds. The number of halogens is 2. The zero-order valence-corrected chi connectivity index (χ0v) is 15.4. The fourth-order valence-electron chi connectivity index (χ4n) is 2.51. The number of carbonyl (C=O) groups is 1. The highest BCUT2D eigenvalue weighted by atomic mass is 79.9. The second-order valence-electron chi connectivity index (χ2n) is 5.85. The van der Waals surface area contributed by atoms with Gasteiger partial charge in [0.25, 0.3) is 10.0 Å². The largest absolute Gasteiger partial charge is 0.507 e. The molecule has 1 aliphatic carbocycles. The fraction of sp³-hybridized carbons (Fsp3) is 0.188. The number of phenols is 2. The summed E-state index contributed by atoms with van der Waals surface area (Å²) in [7, 11) is -4.50. The Labute approximate surface area is 156 Å². The van der Waals surface area contributed by atoms with Gasteiger partial charge in [-0.2, -0.15) is 0 Å². The van der Waals surface area contributed by atoms with Crippen LogP contribution in [0.15, 0.2) is 33.6 Å². The van der Waals surface area contributed by atoms with E-state index in [9.17, 15) is 32.9 Å². The molecule has 1 aliphatic rings. The minimum Gasteiger partial charge on any atom is -0.507 e. The quantitative estimate of drug-likeness (QED) is 0.523. The number of benzene rings is 2. The van der Waals surface area contributed by atoms with Gasteiger partial charge in [0.05, 0.1) is 0 Å². The molecule has 7 nitrogen and oxygen atoms in total. The number of hydrogen-bond donors (Lipinski definition) is 4. The van der Waals surface area contributed by atoms with Gasteiger partial charge in [-0.15, -0.1) is 0 Å². The van der Waals surface area contributed by atoms with Crippen LogP contribution in [0.5, 0.6) is 11.5 Å². The minimum atomic E-state index is -4.50. The zero-order chi connectivity index (χ0) is 19.2. The van der Waals surface area contributed by atoms with Crippen molar-refractivity contribution in [3.63, 3.8) is 0 Å². The highest BCUT2D eigenvalue weighted by molar-refractivity contribution is 9.10. The molecule has 138 valence electrons. The average Bonchev–Trinajstić information content (AvgIpc) is 3.38. The van der Waals surface area contributed by atoms with Gasteiger partial charge in [0.2, 0.25) is 0 Å². The molecule has 0 saturated heterocycles. The van der Waals surface area contributed by atoms with Crippen LogP contribution in [0.4, 0.5) is 10.1 Å². The number of carboxylic acid groups (broad SMARTS) is 1. The molecule has 0 bridgehead atoms. The lowest BCUT2D eigenvalue weighted by atomic mass is 10.0. The van der Waals surface area contributed by atoms with Gasteiger partial charge in [-0.1, -0.05) is 15.9 Å². The van der Waals surface area contributed by atoms with Crippen LogP contribution in [-0.2, 0) is 10.0 Å². The van der Waals surface area contributed by atoms with Crippen LogP contribution in [0.25, 0.3) is 0 Å². The van der Waals surface area contributed by atoms with Crippen molar-refractivity contribution in [3.8, 4) is 11.5 Å². The van der Waals surface area contributed by atoms with Gasteiger partial charge in [-0.3, -0.25) is 4.72 Å². The summed E-state index contributed by atoms with van der Waals surface area (Å²) in [5.74, 6) is -4.39. The van der Waals surface area contributed by atoms with E-state index in [1.807, 2.05) is 4.72 Å². The highest BCUT2D eigenvalue weighted by Crippen LogP contribution is 2.46. The number of anilines is 1. The third-order valence-electron chi connectivity index (χ3n) is 3.96. The smallest absolute Gasteiger partial charge is 0.339 e. The van der Waals surface area contributed by atoms with E-state index >= 15 is 0 Å². The number of hydrogen-bond acceptors (Lipinski definition) is 5. The Morgan fingerprint density at radius 1 is 1.23 bits per heavy atom. The molecule has 26 heavy (non-hydrogen) atoms. The van der Waals surface area contributed by atoms with Crippen LogP contribution in [0.3, 0.4) is 0 Å². The van der Waals surface area contributed by atoms with Crippen LogP contribution >= 0.6 is 15.9 Å². The second kappa shape index (κ2) is 6.44. The molecule has 3 rings (SSSR count). The van der Waals surface area contributed by atoms with Crippen molar-refractivity contribution in [2.45, 2.75) is 23.7 Å². The lowest BCUT2D eigenvalue weighted by Gasteiger charge is -2.15. The monoisotopic (exact) mass is 445 g/mol. The summed E-state index contributed by atoms with van der Waals surface area (Å²) >= 11 is 3.07. The van der Waals surface area contributed by atoms with E-state index in [0.717, 1.165) is 18.2 Å². The normalized spacial score (nSPS) is 14.2. The maximum Gasteiger partial charge on any atom is 0.339 e. The number of rotatable bonds is 5. The standard InChI is InChI=1S/C16H13BrFNO6S/c17-8-3-4-11(20)12(5-8)26(24,25)19-14-13(18)9(7-1-2-7)6-10(15(14)21)16(22)23/h3-7,19-21H,1-2H2,(H,22,23). The fourth-order valence-corrected chi connectivity index (χ4v) is 4.21. The SMILES string of the molecule is O=C(O)c1cc(C2CC2)c(F)c(NS(=O)(=O)c2cc(Br)ccc2O)c1O. The molecule has 4 N–H and O–H groups in total. The number of aromatic carboxylic acids is 1. The van der Waals surface area contributed by atoms with E-state index in [1.165, 1.54) is 6.07 Å². The topological polar surface area (TPSA) is 124 Å². The zero-order valence-electron chi connectivity index (χ0n) is 13.0. The van der Waals surface area contributed by atoms with Gasteiger partial charge < -0.3 is 15.3 Å². The molecule has 1 saturated carbocycles. The van der Waals surface area contributed by atoms with E-state index in [2.05, 4.69) is 15.9 Å². The molecular formula is C16H13BrFNO6S. The second-order valence-corrected chi connectivity index (χ2v) is 8.41. The Bertz CT molecular complexity index is 1020. The van der Waals surface area contributed by atoms with Gasteiger partial charge in [0.15, 0.2) is 11.6 Å². The number of sulfonamides is 1. The summed E-state index contributed by atoms with van der Waals surface area (Å²) in [6.45, 7) is 0. The molecule has 0 heterocycles. The number of aromatic hydroxyl groups is 2. The van der Waals surface area contributed by atoms with Gasteiger partial charge in [0.1, 0.15) is 21.9 Å². The van der Waals surface area contributed by atoms with E-state index in [0.29, 0.717) is 17.3 Å². The lowest BCUT2D eigenvalue weighted by molar-refractivity contribution is 0.0693. The molecular weight excluding hydrogens is 433 g/mol. The average molecular weight is 446 g/mol. The molecule has 0 aliphatic heterocycles. The Morgan fingerprint density at radius 3 is 2.46 bits per heavy atom. The molecule has 1 fully saturated rings. The first kappa shape index (κ1) is 18.5. The summed E-state index contributed by atoms with van der Waals surface area (Å²) in [6.07, 6.45) is 1.28. The van der Waals surface area contributed by atoms with Crippen molar-refractivity contribution < 1.29 is 32.9 Å². The molecule has 2 aromatic rings. The van der Waals surface area contributed by atoms with Crippen molar-refractivity contribution in [1.82, 2.24) is 0 Å². The van der Waals surface area contributed by atoms with Crippen molar-refractivity contribution in [2.24, 2.45) is 0 Å². The van der Waals surface area contributed by atoms with Gasteiger partial charge in [0, 0.05) is 4.47 Å². The molecule has 0 atom stereocenters. The van der Waals surface area contributed by atoms with E-state index in [1.54, 1.807) is 0 Å². The van der Waals surface area contributed by atoms with E-state index in [-0.39, 0.29) is 11.5 Å². The number of phenolic OH excluding ortho intramolecular Hbond substituents is 1. The first-order valence-electron chi connectivity index (χ1n) is 7.42. The van der Waals surface area contributed by atoms with Crippen molar-refractivity contribution in [3.05, 3.63) is 45.7 Å². The van der Waals surface area contributed by atoms with Gasteiger partial charge >= 0.3 is 5.97 Å². The predicted molar refractivity (Wildman–Crippen MR) is 93.6 cm³/mol. The molecule has 0 unspecified atom stereocenters. The van der Waals surface area contributed by atoms with E-state index in [4.69, 9.17) is 0 Å². The van der Waals surface area contributed by atoms with E-state index < -0.39 is 49.5 Å². The number of carboxylic acids is 1. The molecule has 2 aromatic carbocycles.